The molecule has 4 rings (SSSR count). The second-order valence-corrected chi connectivity index (χ2v) is 6.97. The first-order chi connectivity index (χ1) is 8.72. The van der Waals surface area contributed by atoms with E-state index in [4.69, 9.17) is 4.74 Å². The van der Waals surface area contributed by atoms with Gasteiger partial charge in [-0.15, -0.1) is 0 Å². The average molecular weight is 253 g/mol. The van der Waals surface area contributed by atoms with Gasteiger partial charge in [-0.1, -0.05) is 0 Å². The maximum atomic E-state index is 10.6. The maximum absolute atomic E-state index is 10.6. The molecular weight excluding hydrogens is 226 g/mol. The topological polar surface area (TPSA) is 41.5 Å². The minimum absolute atomic E-state index is 0.217. The summed E-state index contributed by atoms with van der Waals surface area (Å²) in [5.41, 5.74) is 0.217. The fraction of sp³-hybridized carbons (Fsp3) is 1.00. The number of hydrogen-bond donors (Lipinski definition) is 2. The van der Waals surface area contributed by atoms with Gasteiger partial charge >= 0.3 is 0 Å². The monoisotopic (exact) mass is 253 g/mol. The lowest BCUT2D eigenvalue weighted by Gasteiger charge is -2.58. The highest BCUT2D eigenvalue weighted by molar-refractivity contribution is 5.04. The SMILES string of the molecule is CNCCOCC(O)C12CC3CC(CC(C3)C1)C2. The third kappa shape index (κ3) is 2.33. The van der Waals surface area contributed by atoms with Crippen LogP contribution in [0, 0.1) is 23.2 Å². The molecule has 3 heteroatoms. The molecule has 0 radical (unpaired) electrons. The third-order valence-electron chi connectivity index (χ3n) is 5.56. The summed E-state index contributed by atoms with van der Waals surface area (Å²) in [4.78, 5) is 0. The molecule has 2 N–H and O–H groups in total. The van der Waals surface area contributed by atoms with Crippen LogP contribution in [0.25, 0.3) is 0 Å². The van der Waals surface area contributed by atoms with E-state index in [2.05, 4.69) is 5.32 Å². The number of aliphatic hydroxyl groups is 1. The lowest BCUT2D eigenvalue weighted by Crippen LogP contribution is -2.52. The molecule has 0 spiro atoms. The molecule has 4 aliphatic rings. The first kappa shape index (κ1) is 12.9. The summed E-state index contributed by atoms with van der Waals surface area (Å²) in [5.74, 6) is 2.72. The van der Waals surface area contributed by atoms with Gasteiger partial charge in [-0.2, -0.15) is 0 Å². The highest BCUT2D eigenvalue weighted by Crippen LogP contribution is 2.61. The highest BCUT2D eigenvalue weighted by atomic mass is 16.5. The molecule has 0 aliphatic heterocycles. The minimum atomic E-state index is -0.234. The van der Waals surface area contributed by atoms with Crippen LogP contribution in [-0.4, -0.2) is 38.0 Å². The molecule has 0 amide bonds. The van der Waals surface area contributed by atoms with E-state index in [-0.39, 0.29) is 11.5 Å². The molecule has 104 valence electrons. The predicted molar refractivity (Wildman–Crippen MR) is 71.4 cm³/mol. The van der Waals surface area contributed by atoms with Crippen molar-refractivity contribution < 1.29 is 9.84 Å². The Kier molecular flexibility index (Phi) is 3.65. The van der Waals surface area contributed by atoms with Crippen LogP contribution in [0.3, 0.4) is 0 Å². The van der Waals surface area contributed by atoms with Crippen LogP contribution >= 0.6 is 0 Å². The van der Waals surface area contributed by atoms with Crippen molar-refractivity contribution in [3.63, 3.8) is 0 Å². The van der Waals surface area contributed by atoms with Gasteiger partial charge in [0.2, 0.25) is 0 Å². The average Bonchev–Trinajstić information content (AvgIpc) is 2.32. The Balaban J connectivity index is 1.57. The van der Waals surface area contributed by atoms with Crippen LogP contribution in [0.4, 0.5) is 0 Å². The normalized spacial score (nSPS) is 43.3. The Morgan fingerprint density at radius 3 is 2.22 bits per heavy atom. The summed E-state index contributed by atoms with van der Waals surface area (Å²) in [6.45, 7) is 2.11. The van der Waals surface area contributed by atoms with Crippen LogP contribution in [-0.2, 0) is 4.74 Å². The number of nitrogens with one attached hydrogen (secondary N) is 1. The van der Waals surface area contributed by atoms with E-state index in [1.165, 1.54) is 38.5 Å². The Labute approximate surface area is 110 Å². The predicted octanol–water partition coefficient (Wildman–Crippen LogP) is 1.80. The van der Waals surface area contributed by atoms with Gasteiger partial charge in [0.1, 0.15) is 0 Å². The summed E-state index contributed by atoms with van der Waals surface area (Å²) >= 11 is 0. The molecule has 0 aromatic heterocycles. The molecule has 4 aliphatic carbocycles. The van der Waals surface area contributed by atoms with Crippen LogP contribution < -0.4 is 5.32 Å². The molecule has 1 atom stereocenters. The zero-order chi connectivity index (χ0) is 12.6. The molecule has 0 aromatic rings. The number of rotatable bonds is 6. The summed E-state index contributed by atoms with van der Waals surface area (Å²) in [6.07, 6.45) is 7.86. The summed E-state index contributed by atoms with van der Waals surface area (Å²) in [7, 11) is 1.93. The molecule has 18 heavy (non-hydrogen) atoms. The first-order valence-electron chi connectivity index (χ1n) is 7.62. The second kappa shape index (κ2) is 5.10. The van der Waals surface area contributed by atoms with Crippen molar-refractivity contribution in [3.05, 3.63) is 0 Å². The fourth-order valence-corrected chi connectivity index (χ4v) is 5.13. The van der Waals surface area contributed by atoms with Crippen molar-refractivity contribution in [2.75, 3.05) is 26.8 Å². The van der Waals surface area contributed by atoms with E-state index >= 15 is 0 Å². The minimum Gasteiger partial charge on any atom is -0.390 e. The van der Waals surface area contributed by atoms with E-state index in [0.29, 0.717) is 13.2 Å². The van der Waals surface area contributed by atoms with Crippen molar-refractivity contribution in [3.8, 4) is 0 Å². The maximum Gasteiger partial charge on any atom is 0.0830 e. The fourth-order valence-electron chi connectivity index (χ4n) is 5.13. The van der Waals surface area contributed by atoms with Crippen LogP contribution in [0.15, 0.2) is 0 Å². The lowest BCUT2D eigenvalue weighted by atomic mass is 9.48. The van der Waals surface area contributed by atoms with Crippen LogP contribution in [0.1, 0.15) is 38.5 Å². The van der Waals surface area contributed by atoms with Gasteiger partial charge in [-0.25, -0.2) is 0 Å². The Morgan fingerprint density at radius 1 is 1.17 bits per heavy atom. The zero-order valence-electron chi connectivity index (χ0n) is 11.5. The molecule has 1 unspecified atom stereocenters. The Bertz CT molecular complexity index is 257. The van der Waals surface area contributed by atoms with E-state index in [1.54, 1.807) is 0 Å². The van der Waals surface area contributed by atoms with Crippen molar-refractivity contribution in [2.45, 2.75) is 44.6 Å². The van der Waals surface area contributed by atoms with Crippen molar-refractivity contribution in [2.24, 2.45) is 23.2 Å². The van der Waals surface area contributed by atoms with Crippen molar-refractivity contribution in [1.82, 2.24) is 5.32 Å². The van der Waals surface area contributed by atoms with Gasteiger partial charge in [0.15, 0.2) is 0 Å². The quantitative estimate of drug-likeness (QED) is 0.709. The van der Waals surface area contributed by atoms with Gasteiger partial charge in [-0.3, -0.25) is 0 Å². The molecule has 0 aromatic carbocycles. The second-order valence-electron chi connectivity index (χ2n) is 6.97. The number of hydrogen-bond acceptors (Lipinski definition) is 3. The smallest absolute Gasteiger partial charge is 0.0830 e. The first-order valence-corrected chi connectivity index (χ1v) is 7.62. The summed E-state index contributed by atoms with van der Waals surface area (Å²) in [6, 6.07) is 0. The van der Waals surface area contributed by atoms with Crippen LogP contribution in [0.2, 0.25) is 0 Å². The number of aliphatic hydroxyl groups excluding tert-OH is 1. The highest BCUT2D eigenvalue weighted by Gasteiger charge is 2.53. The molecular formula is C15H27NO2. The molecule has 4 bridgehead atoms. The molecule has 0 saturated heterocycles. The molecule has 4 fully saturated rings. The van der Waals surface area contributed by atoms with Gasteiger partial charge < -0.3 is 15.2 Å². The number of ether oxygens (including phenoxy) is 1. The Hall–Kier alpha value is -0.120. The largest absolute Gasteiger partial charge is 0.390 e. The van der Waals surface area contributed by atoms with E-state index in [1.807, 2.05) is 7.05 Å². The van der Waals surface area contributed by atoms with Crippen molar-refractivity contribution in [1.29, 1.82) is 0 Å². The van der Waals surface area contributed by atoms with E-state index in [0.717, 1.165) is 24.3 Å². The molecule has 4 saturated carbocycles. The van der Waals surface area contributed by atoms with Crippen molar-refractivity contribution >= 4 is 0 Å². The summed E-state index contributed by atoms with van der Waals surface area (Å²) < 4.78 is 5.61. The van der Waals surface area contributed by atoms with Crippen LogP contribution in [0.5, 0.6) is 0 Å². The Morgan fingerprint density at radius 2 is 1.72 bits per heavy atom. The van der Waals surface area contributed by atoms with Gasteiger partial charge in [-0.05, 0) is 68.7 Å². The lowest BCUT2D eigenvalue weighted by molar-refractivity contribution is -0.139. The van der Waals surface area contributed by atoms with Gasteiger partial charge in [0.25, 0.3) is 0 Å². The van der Waals surface area contributed by atoms with E-state index < -0.39 is 0 Å². The standard InChI is InChI=1S/C15H27NO2/c1-16-2-3-18-10-14(17)15-7-11-4-12(8-15)6-13(5-11)9-15/h11-14,16-17H,2-10H2,1H3. The van der Waals surface area contributed by atoms with Gasteiger partial charge in [0.05, 0.1) is 19.3 Å². The van der Waals surface area contributed by atoms with E-state index in [9.17, 15) is 5.11 Å². The van der Waals surface area contributed by atoms with Gasteiger partial charge in [0, 0.05) is 6.54 Å². The number of likely N-dealkylation sites (N-methyl/N-ethyl adjacent to an activating group) is 1. The zero-order valence-corrected chi connectivity index (χ0v) is 11.5. The summed E-state index contributed by atoms with van der Waals surface area (Å²) in [5, 5.41) is 13.6. The molecule has 0 heterocycles. The third-order valence-corrected chi connectivity index (χ3v) is 5.56. The molecule has 3 nitrogen and oxygen atoms in total.